The Morgan fingerprint density at radius 3 is 2.53 bits per heavy atom. The lowest BCUT2D eigenvalue weighted by atomic mass is 10.0. The largest absolute Gasteiger partial charge is 0.311 e. The van der Waals surface area contributed by atoms with Gasteiger partial charge < -0.3 is 5.32 Å². The molecule has 0 heterocycles. The Balaban J connectivity index is 2.34. The summed E-state index contributed by atoms with van der Waals surface area (Å²) >= 11 is 13.6. The Morgan fingerprint density at radius 2 is 1.94 bits per heavy atom. The van der Waals surface area contributed by atoms with Gasteiger partial charge in [0.15, 0.2) is 0 Å². The minimum Gasteiger partial charge on any atom is -0.311 e. The van der Waals surface area contributed by atoms with E-state index in [4.69, 9.17) is 23.2 Å². The lowest BCUT2D eigenvalue weighted by Gasteiger charge is -2.24. The van der Waals surface area contributed by atoms with Crippen molar-refractivity contribution in [1.82, 2.24) is 5.32 Å². The van der Waals surface area contributed by atoms with Crippen LogP contribution in [0.25, 0.3) is 0 Å². The van der Waals surface area contributed by atoms with E-state index in [0.29, 0.717) is 10.0 Å². The van der Waals surface area contributed by atoms with E-state index in [1.54, 1.807) is 11.8 Å². The van der Waals surface area contributed by atoms with Crippen LogP contribution in [0.1, 0.15) is 27.2 Å². The van der Waals surface area contributed by atoms with Gasteiger partial charge in [0.25, 0.3) is 0 Å². The second-order valence-electron chi connectivity index (χ2n) is 4.59. The number of halogens is 2. The van der Waals surface area contributed by atoms with Crippen molar-refractivity contribution in [2.75, 3.05) is 12.3 Å². The molecule has 0 spiro atoms. The number of rotatable bonds is 6. The standard InChI is InChI=1S/C13H19Cl2NS/c1-4-13(2,3)16-7-8-17-10-5-6-11(14)12(15)9-10/h5-6,9,16H,4,7-8H2,1-3H3. The maximum Gasteiger partial charge on any atom is 0.0603 e. The Bertz CT molecular complexity index is 366. The van der Waals surface area contributed by atoms with E-state index < -0.39 is 0 Å². The van der Waals surface area contributed by atoms with Gasteiger partial charge in [-0.25, -0.2) is 0 Å². The molecule has 0 radical (unpaired) electrons. The van der Waals surface area contributed by atoms with Gasteiger partial charge in [0, 0.05) is 22.7 Å². The van der Waals surface area contributed by atoms with Crippen molar-refractivity contribution in [3.05, 3.63) is 28.2 Å². The summed E-state index contributed by atoms with van der Waals surface area (Å²) in [5.41, 5.74) is 0.220. The molecule has 1 rings (SSSR count). The van der Waals surface area contributed by atoms with Crippen molar-refractivity contribution in [2.24, 2.45) is 0 Å². The Kier molecular flexibility index (Phi) is 6.14. The van der Waals surface area contributed by atoms with E-state index in [-0.39, 0.29) is 5.54 Å². The van der Waals surface area contributed by atoms with E-state index in [1.807, 2.05) is 18.2 Å². The van der Waals surface area contributed by atoms with Crippen molar-refractivity contribution in [1.29, 1.82) is 0 Å². The zero-order chi connectivity index (χ0) is 12.9. The zero-order valence-corrected chi connectivity index (χ0v) is 12.8. The predicted octanol–water partition coefficient (Wildman–Crippen LogP) is 4.86. The average Bonchev–Trinajstić information content (AvgIpc) is 2.29. The third kappa shape index (κ3) is 5.52. The maximum atomic E-state index is 5.96. The highest BCUT2D eigenvalue weighted by atomic mass is 35.5. The molecule has 0 saturated heterocycles. The molecule has 0 aliphatic heterocycles. The molecule has 0 amide bonds. The fraction of sp³-hybridized carbons (Fsp3) is 0.538. The first-order valence-electron chi connectivity index (χ1n) is 5.77. The smallest absolute Gasteiger partial charge is 0.0603 e. The molecule has 0 aliphatic rings. The van der Waals surface area contributed by atoms with Crippen molar-refractivity contribution < 1.29 is 0 Å². The highest BCUT2D eigenvalue weighted by Crippen LogP contribution is 2.27. The molecule has 0 fully saturated rings. The van der Waals surface area contributed by atoms with Crippen LogP contribution in [0.3, 0.4) is 0 Å². The van der Waals surface area contributed by atoms with Gasteiger partial charge in [-0.2, -0.15) is 0 Å². The third-order valence-electron chi connectivity index (χ3n) is 2.75. The number of thioether (sulfide) groups is 1. The van der Waals surface area contributed by atoms with Crippen molar-refractivity contribution >= 4 is 35.0 Å². The Labute approximate surface area is 118 Å². The van der Waals surface area contributed by atoms with Gasteiger partial charge in [-0.3, -0.25) is 0 Å². The molecule has 1 aromatic rings. The molecule has 0 saturated carbocycles. The molecule has 0 unspecified atom stereocenters. The summed E-state index contributed by atoms with van der Waals surface area (Å²) in [7, 11) is 0. The third-order valence-corrected chi connectivity index (χ3v) is 4.48. The highest BCUT2D eigenvalue weighted by Gasteiger charge is 2.12. The predicted molar refractivity (Wildman–Crippen MR) is 79.6 cm³/mol. The lowest BCUT2D eigenvalue weighted by molar-refractivity contribution is 0.388. The Hall–Kier alpha value is 0.110. The van der Waals surface area contributed by atoms with E-state index in [0.717, 1.165) is 23.6 Å². The summed E-state index contributed by atoms with van der Waals surface area (Å²) in [6, 6.07) is 5.76. The van der Waals surface area contributed by atoms with E-state index in [9.17, 15) is 0 Å². The van der Waals surface area contributed by atoms with Crippen molar-refractivity contribution in [3.8, 4) is 0 Å². The highest BCUT2D eigenvalue weighted by molar-refractivity contribution is 7.99. The summed E-state index contributed by atoms with van der Waals surface area (Å²) in [4.78, 5) is 1.16. The second-order valence-corrected chi connectivity index (χ2v) is 6.57. The Morgan fingerprint density at radius 1 is 1.24 bits per heavy atom. The molecule has 1 N–H and O–H groups in total. The minimum atomic E-state index is 0.220. The van der Waals surface area contributed by atoms with Crippen molar-refractivity contribution in [2.45, 2.75) is 37.6 Å². The molecular formula is C13H19Cl2NS. The first-order chi connectivity index (χ1) is 7.94. The number of hydrogen-bond donors (Lipinski definition) is 1. The molecule has 1 nitrogen and oxygen atoms in total. The molecule has 96 valence electrons. The normalized spacial score (nSPS) is 11.8. The number of hydrogen-bond acceptors (Lipinski definition) is 2. The van der Waals surface area contributed by atoms with Gasteiger partial charge in [0.05, 0.1) is 10.0 Å². The first kappa shape index (κ1) is 15.2. The average molecular weight is 292 g/mol. The SMILES string of the molecule is CCC(C)(C)NCCSc1ccc(Cl)c(Cl)c1. The summed E-state index contributed by atoms with van der Waals surface area (Å²) in [6.07, 6.45) is 1.13. The summed E-state index contributed by atoms with van der Waals surface area (Å²) in [5.74, 6) is 1.03. The molecule has 0 aliphatic carbocycles. The van der Waals surface area contributed by atoms with Crippen LogP contribution in [-0.4, -0.2) is 17.8 Å². The summed E-state index contributed by atoms with van der Waals surface area (Å²) in [5, 5.41) is 4.76. The van der Waals surface area contributed by atoms with Gasteiger partial charge >= 0.3 is 0 Å². The fourth-order valence-electron chi connectivity index (χ4n) is 1.25. The first-order valence-corrected chi connectivity index (χ1v) is 7.51. The van der Waals surface area contributed by atoms with Crippen LogP contribution >= 0.6 is 35.0 Å². The van der Waals surface area contributed by atoms with Crippen LogP contribution in [0.4, 0.5) is 0 Å². The van der Waals surface area contributed by atoms with Gasteiger partial charge in [-0.05, 0) is 38.5 Å². The lowest BCUT2D eigenvalue weighted by Crippen LogP contribution is -2.39. The van der Waals surface area contributed by atoms with Crippen LogP contribution in [0.5, 0.6) is 0 Å². The van der Waals surface area contributed by atoms with E-state index in [2.05, 4.69) is 26.1 Å². The van der Waals surface area contributed by atoms with Gasteiger partial charge in [0.2, 0.25) is 0 Å². The van der Waals surface area contributed by atoms with Crippen LogP contribution < -0.4 is 5.32 Å². The van der Waals surface area contributed by atoms with Crippen LogP contribution in [0.15, 0.2) is 23.1 Å². The number of benzene rings is 1. The monoisotopic (exact) mass is 291 g/mol. The molecule has 1 aromatic carbocycles. The van der Waals surface area contributed by atoms with Gasteiger partial charge in [-0.1, -0.05) is 30.1 Å². The molecule has 0 atom stereocenters. The molecular weight excluding hydrogens is 273 g/mol. The fourth-order valence-corrected chi connectivity index (χ4v) is 2.42. The minimum absolute atomic E-state index is 0.220. The summed E-state index contributed by atoms with van der Waals surface area (Å²) in [6.45, 7) is 7.62. The van der Waals surface area contributed by atoms with E-state index >= 15 is 0 Å². The van der Waals surface area contributed by atoms with E-state index in [1.165, 1.54) is 0 Å². The van der Waals surface area contributed by atoms with Crippen LogP contribution in [-0.2, 0) is 0 Å². The van der Waals surface area contributed by atoms with Crippen LogP contribution in [0, 0.1) is 0 Å². The topological polar surface area (TPSA) is 12.0 Å². The number of nitrogens with one attached hydrogen (secondary N) is 1. The van der Waals surface area contributed by atoms with Gasteiger partial charge in [0.1, 0.15) is 0 Å². The molecule has 17 heavy (non-hydrogen) atoms. The molecule has 0 bridgehead atoms. The van der Waals surface area contributed by atoms with Crippen LogP contribution in [0.2, 0.25) is 10.0 Å². The quantitative estimate of drug-likeness (QED) is 0.593. The maximum absolute atomic E-state index is 5.96. The zero-order valence-electron chi connectivity index (χ0n) is 10.5. The van der Waals surface area contributed by atoms with Crippen molar-refractivity contribution in [3.63, 3.8) is 0 Å². The molecule has 0 aromatic heterocycles. The van der Waals surface area contributed by atoms with Gasteiger partial charge in [-0.15, -0.1) is 11.8 Å². The second kappa shape index (κ2) is 6.89. The summed E-state index contributed by atoms with van der Waals surface area (Å²) < 4.78 is 0. The molecule has 4 heteroatoms.